The molecule has 1 aliphatic heterocycles. The number of thiazole rings is 1. The van der Waals surface area contributed by atoms with E-state index in [2.05, 4.69) is 20.5 Å². The van der Waals surface area contributed by atoms with Crippen molar-refractivity contribution in [2.45, 2.75) is 85.2 Å². The molecule has 15 heteroatoms. The molecule has 1 fully saturated rings. The Bertz CT molecular complexity index is 1400. The Morgan fingerprint density at radius 1 is 0.955 bits per heavy atom. The van der Waals surface area contributed by atoms with E-state index in [4.69, 9.17) is 0 Å². The average Bonchev–Trinajstić information content (AvgIpc) is 3.22. The monoisotopic (exact) mass is 652 g/mol. The number of nitrogens with zero attached hydrogens (tertiary/aromatic N) is 4. The fourth-order valence-electron chi connectivity index (χ4n) is 4.96. The van der Waals surface area contributed by atoms with Crippen LogP contribution in [-0.4, -0.2) is 98.4 Å². The summed E-state index contributed by atoms with van der Waals surface area (Å²) in [6.07, 6.45) is -2.51. The fraction of sp³-hybridized carbons (Fsp3) is 0.586. The summed E-state index contributed by atoms with van der Waals surface area (Å²) in [7, 11) is -3.00. The minimum Gasteiger partial charge on any atom is -0.465 e. The molecule has 1 aliphatic rings. The van der Waals surface area contributed by atoms with Gasteiger partial charge in [0.25, 0.3) is 0 Å². The number of anilines is 2. The standard InChI is InChI=1S/C29H44N6O7S2/c1-19(36)30-24-32-22(23(43-24)18-33-14-16-44(41,42)17-15-33)13-10-20-8-11-21(12-9-20)31-25(34(26(37)38)28(2,3)4)35(27(39)40)29(5,6)7/h8-9,11-12,25,31H,10,13-18H2,1-7H3,(H,37,38)(H,39,40)(H,30,32,36). The van der Waals surface area contributed by atoms with Gasteiger partial charge in [-0.15, -0.1) is 11.3 Å². The molecule has 4 N–H and O–H groups in total. The van der Waals surface area contributed by atoms with Gasteiger partial charge in [-0.2, -0.15) is 0 Å². The quantitative estimate of drug-likeness (QED) is 0.270. The van der Waals surface area contributed by atoms with E-state index in [-0.39, 0.29) is 17.4 Å². The van der Waals surface area contributed by atoms with Crippen molar-refractivity contribution >= 4 is 50.1 Å². The van der Waals surface area contributed by atoms with Crippen LogP contribution in [0.3, 0.4) is 0 Å². The van der Waals surface area contributed by atoms with Crippen molar-refractivity contribution in [3.8, 4) is 0 Å². The summed E-state index contributed by atoms with van der Waals surface area (Å²) in [5.74, 6) is 0.0325. The highest BCUT2D eigenvalue weighted by atomic mass is 32.2. The van der Waals surface area contributed by atoms with Gasteiger partial charge in [-0.1, -0.05) is 12.1 Å². The van der Waals surface area contributed by atoms with E-state index >= 15 is 0 Å². The average molecular weight is 653 g/mol. The van der Waals surface area contributed by atoms with E-state index in [1.807, 2.05) is 12.1 Å². The molecule has 13 nitrogen and oxygen atoms in total. The molecule has 244 valence electrons. The zero-order chi connectivity index (χ0) is 33.0. The summed E-state index contributed by atoms with van der Waals surface area (Å²) >= 11 is 1.39. The Morgan fingerprint density at radius 3 is 1.93 bits per heavy atom. The van der Waals surface area contributed by atoms with Crippen molar-refractivity contribution in [1.29, 1.82) is 0 Å². The van der Waals surface area contributed by atoms with Crippen molar-refractivity contribution in [3.63, 3.8) is 0 Å². The summed E-state index contributed by atoms with van der Waals surface area (Å²) in [4.78, 5) is 46.2. The Morgan fingerprint density at radius 2 is 1.48 bits per heavy atom. The molecule has 1 aromatic carbocycles. The number of carbonyl (C=O) groups is 3. The number of carbonyl (C=O) groups excluding carboxylic acids is 1. The smallest absolute Gasteiger partial charge is 0.410 e. The predicted octanol–water partition coefficient (Wildman–Crippen LogP) is 4.37. The van der Waals surface area contributed by atoms with E-state index < -0.39 is 39.4 Å². The molecule has 2 heterocycles. The maximum atomic E-state index is 12.4. The minimum atomic E-state index is -3.00. The number of hydrogen-bond acceptors (Lipinski definition) is 9. The number of aryl methyl sites for hydroxylation is 2. The van der Waals surface area contributed by atoms with Crippen LogP contribution in [0.25, 0.3) is 0 Å². The number of carboxylic acid groups (broad SMARTS) is 2. The van der Waals surface area contributed by atoms with Gasteiger partial charge in [0.1, 0.15) is 0 Å². The van der Waals surface area contributed by atoms with Crippen LogP contribution < -0.4 is 10.6 Å². The van der Waals surface area contributed by atoms with E-state index in [9.17, 15) is 33.0 Å². The van der Waals surface area contributed by atoms with Gasteiger partial charge in [-0.05, 0) is 72.1 Å². The molecule has 0 bridgehead atoms. The first kappa shape index (κ1) is 35.1. The van der Waals surface area contributed by atoms with E-state index in [1.54, 1.807) is 53.7 Å². The van der Waals surface area contributed by atoms with Crippen molar-refractivity contribution in [2.24, 2.45) is 0 Å². The third-order valence-corrected chi connectivity index (χ3v) is 9.72. The van der Waals surface area contributed by atoms with E-state index in [1.165, 1.54) is 18.3 Å². The summed E-state index contributed by atoms with van der Waals surface area (Å²) in [5.41, 5.74) is 0.539. The molecule has 44 heavy (non-hydrogen) atoms. The molecule has 1 saturated heterocycles. The second-order valence-corrected chi connectivity index (χ2v) is 16.2. The summed E-state index contributed by atoms with van der Waals surface area (Å²) in [5, 5.41) is 26.5. The highest BCUT2D eigenvalue weighted by molar-refractivity contribution is 7.91. The summed E-state index contributed by atoms with van der Waals surface area (Å²) in [6, 6.07) is 7.35. The van der Waals surface area contributed by atoms with Crippen molar-refractivity contribution in [2.75, 3.05) is 35.2 Å². The van der Waals surface area contributed by atoms with Gasteiger partial charge in [0.15, 0.2) is 21.3 Å². The largest absolute Gasteiger partial charge is 0.465 e. The normalized spacial score (nSPS) is 15.5. The van der Waals surface area contributed by atoms with E-state index in [0.717, 1.165) is 25.9 Å². The number of amides is 3. The van der Waals surface area contributed by atoms with Crippen LogP contribution in [0.5, 0.6) is 0 Å². The molecule has 0 spiro atoms. The van der Waals surface area contributed by atoms with Crippen molar-refractivity contribution in [3.05, 3.63) is 40.4 Å². The number of benzene rings is 1. The SMILES string of the molecule is CC(=O)Nc1nc(CCc2ccc(NC(N(C(=O)O)C(C)(C)C)N(C(=O)O)C(C)(C)C)cc2)c(CN2CCS(=O)(=O)CC2)s1. The van der Waals surface area contributed by atoms with Crippen molar-refractivity contribution in [1.82, 2.24) is 19.7 Å². The molecule has 0 radical (unpaired) electrons. The molecule has 0 atom stereocenters. The van der Waals surface area contributed by atoms with Gasteiger partial charge in [0, 0.05) is 48.2 Å². The first-order valence-corrected chi connectivity index (χ1v) is 17.0. The lowest BCUT2D eigenvalue weighted by Gasteiger charge is -2.48. The van der Waals surface area contributed by atoms with Crippen LogP contribution in [0.1, 0.15) is 64.6 Å². The first-order chi connectivity index (χ1) is 20.3. The molecule has 3 amide bonds. The Balaban J connectivity index is 1.80. The molecule has 2 aromatic rings. The highest BCUT2D eigenvalue weighted by Crippen LogP contribution is 2.29. The zero-order valence-electron chi connectivity index (χ0n) is 26.4. The van der Waals surface area contributed by atoms with Crippen LogP contribution in [0, 0.1) is 0 Å². The molecule has 0 unspecified atom stereocenters. The number of rotatable bonds is 10. The molecular formula is C29H44N6O7S2. The third kappa shape index (κ3) is 9.53. The van der Waals surface area contributed by atoms with Crippen LogP contribution in [0.15, 0.2) is 24.3 Å². The topological polar surface area (TPSA) is 172 Å². The van der Waals surface area contributed by atoms with Gasteiger partial charge < -0.3 is 20.8 Å². The van der Waals surface area contributed by atoms with Gasteiger partial charge in [-0.25, -0.2) is 23.0 Å². The lowest BCUT2D eigenvalue weighted by atomic mass is 10.0. The van der Waals surface area contributed by atoms with E-state index in [0.29, 0.717) is 43.3 Å². The lowest BCUT2D eigenvalue weighted by Crippen LogP contribution is -2.66. The molecule has 0 saturated carbocycles. The summed E-state index contributed by atoms with van der Waals surface area (Å²) < 4.78 is 23.7. The highest BCUT2D eigenvalue weighted by Gasteiger charge is 2.43. The lowest BCUT2D eigenvalue weighted by molar-refractivity contribution is -0.114. The number of aromatic nitrogens is 1. The molecular weight excluding hydrogens is 608 g/mol. The number of hydrogen-bond donors (Lipinski definition) is 4. The van der Waals surface area contributed by atoms with Crippen LogP contribution in [0.2, 0.25) is 0 Å². The Hall–Kier alpha value is -3.43. The zero-order valence-corrected chi connectivity index (χ0v) is 28.0. The maximum Gasteiger partial charge on any atom is 0.410 e. The van der Waals surface area contributed by atoms with Gasteiger partial charge in [0.05, 0.1) is 17.2 Å². The third-order valence-electron chi connectivity index (χ3n) is 7.11. The molecule has 1 aromatic heterocycles. The second kappa shape index (κ2) is 13.7. The van der Waals surface area contributed by atoms with Crippen molar-refractivity contribution < 1.29 is 33.0 Å². The number of sulfone groups is 1. The molecule has 3 rings (SSSR count). The number of nitrogens with one attached hydrogen (secondary N) is 2. The Labute approximate surface area is 263 Å². The minimum absolute atomic E-state index is 0.126. The second-order valence-electron chi connectivity index (χ2n) is 12.9. The van der Waals surface area contributed by atoms with Gasteiger partial charge in [-0.3, -0.25) is 19.5 Å². The first-order valence-electron chi connectivity index (χ1n) is 14.4. The Kier molecular flexibility index (Phi) is 10.9. The van der Waals surface area contributed by atoms with Crippen LogP contribution in [-0.2, 0) is 34.0 Å². The maximum absolute atomic E-state index is 12.4. The van der Waals surface area contributed by atoms with Crippen LogP contribution >= 0.6 is 11.3 Å². The van der Waals surface area contributed by atoms with Gasteiger partial charge >= 0.3 is 12.2 Å². The van der Waals surface area contributed by atoms with Gasteiger partial charge in [0.2, 0.25) is 5.91 Å². The summed E-state index contributed by atoms with van der Waals surface area (Å²) in [6.45, 7) is 13.1. The predicted molar refractivity (Wildman–Crippen MR) is 171 cm³/mol. The molecule has 0 aliphatic carbocycles. The van der Waals surface area contributed by atoms with Crippen LogP contribution in [0.4, 0.5) is 20.4 Å². The fourth-order valence-corrected chi connectivity index (χ4v) is 7.33.